The van der Waals surface area contributed by atoms with Crippen LogP contribution < -0.4 is 4.74 Å². The Morgan fingerprint density at radius 2 is 2.26 bits per heavy atom. The first-order valence-corrected chi connectivity index (χ1v) is 6.82. The lowest BCUT2D eigenvalue weighted by molar-refractivity contribution is -0.0226. The third kappa shape index (κ3) is 2.21. The average Bonchev–Trinajstić information content (AvgIpc) is 2.90. The van der Waals surface area contributed by atoms with Crippen LogP contribution in [-0.2, 0) is 4.74 Å². The molecule has 2 fully saturated rings. The number of nitrogens with zero attached hydrogens (tertiary/aromatic N) is 1. The quantitative estimate of drug-likeness (QED) is 0.835. The summed E-state index contributed by atoms with van der Waals surface area (Å²) in [4.78, 5) is 0. The first-order valence-electron chi connectivity index (χ1n) is 6.82. The molecule has 1 aromatic rings. The molecule has 2 unspecified atom stereocenters. The van der Waals surface area contributed by atoms with Crippen LogP contribution in [0.4, 0.5) is 0 Å². The highest BCUT2D eigenvalue weighted by Gasteiger charge is 2.53. The molecule has 1 saturated carbocycles. The van der Waals surface area contributed by atoms with Crippen molar-refractivity contribution in [1.29, 1.82) is 5.26 Å². The summed E-state index contributed by atoms with van der Waals surface area (Å²) in [6.07, 6.45) is 3.36. The van der Waals surface area contributed by atoms with Gasteiger partial charge in [-0.1, -0.05) is 6.07 Å². The van der Waals surface area contributed by atoms with Gasteiger partial charge < -0.3 is 9.47 Å². The van der Waals surface area contributed by atoms with E-state index >= 15 is 0 Å². The molecular weight excluding hydrogens is 238 g/mol. The monoisotopic (exact) mass is 257 g/mol. The molecule has 0 radical (unpaired) electrons. The van der Waals surface area contributed by atoms with Crippen molar-refractivity contribution in [1.82, 2.24) is 0 Å². The molecule has 0 amide bonds. The van der Waals surface area contributed by atoms with Gasteiger partial charge in [-0.15, -0.1) is 0 Å². The number of rotatable bonds is 3. The highest BCUT2D eigenvalue weighted by molar-refractivity contribution is 5.45. The molecule has 1 heterocycles. The molecule has 100 valence electrons. The van der Waals surface area contributed by atoms with Crippen molar-refractivity contribution in [3.05, 3.63) is 29.3 Å². The van der Waals surface area contributed by atoms with Crippen LogP contribution in [0.25, 0.3) is 0 Å². The molecule has 0 aromatic heterocycles. The highest BCUT2D eigenvalue weighted by atomic mass is 16.5. The van der Waals surface area contributed by atoms with Crippen molar-refractivity contribution in [3.8, 4) is 11.8 Å². The zero-order valence-corrected chi connectivity index (χ0v) is 11.5. The predicted molar refractivity (Wildman–Crippen MR) is 72.0 cm³/mol. The van der Waals surface area contributed by atoms with Gasteiger partial charge in [0.1, 0.15) is 11.8 Å². The molecule has 1 aliphatic heterocycles. The van der Waals surface area contributed by atoms with E-state index < -0.39 is 0 Å². The minimum atomic E-state index is 0.0635. The van der Waals surface area contributed by atoms with Gasteiger partial charge in [0.05, 0.1) is 24.4 Å². The summed E-state index contributed by atoms with van der Waals surface area (Å²) >= 11 is 0. The number of nitriles is 1. The first-order chi connectivity index (χ1) is 9.04. The molecule has 1 aliphatic carbocycles. The number of benzene rings is 1. The molecule has 1 aromatic carbocycles. The number of fused-ring (bicyclic) bond motifs is 2. The number of hydrogen-bond donors (Lipinski definition) is 0. The van der Waals surface area contributed by atoms with Crippen molar-refractivity contribution in [2.45, 2.75) is 38.7 Å². The zero-order valence-electron chi connectivity index (χ0n) is 11.5. The summed E-state index contributed by atoms with van der Waals surface area (Å²) in [5, 5.41) is 9.12. The second-order valence-corrected chi connectivity index (χ2v) is 6.32. The smallest absolute Gasteiger partial charge is 0.137 e. The second-order valence-electron chi connectivity index (χ2n) is 6.32. The Bertz CT molecular complexity index is 536. The molecular formula is C16H19NO2. The summed E-state index contributed by atoms with van der Waals surface area (Å²) in [7, 11) is 0. The van der Waals surface area contributed by atoms with Gasteiger partial charge in [0.2, 0.25) is 0 Å². The Morgan fingerprint density at radius 3 is 2.84 bits per heavy atom. The number of aryl methyl sites for hydroxylation is 1. The Balaban J connectivity index is 1.74. The van der Waals surface area contributed by atoms with E-state index in [0.717, 1.165) is 31.4 Å². The third-order valence-corrected chi connectivity index (χ3v) is 4.45. The Labute approximate surface area is 114 Å². The molecule has 19 heavy (non-hydrogen) atoms. The highest BCUT2D eigenvalue weighted by Crippen LogP contribution is 2.52. The summed E-state index contributed by atoms with van der Waals surface area (Å²) in [5.41, 5.74) is 1.95. The van der Waals surface area contributed by atoms with Crippen LogP contribution in [0, 0.1) is 23.7 Å². The molecule has 0 N–H and O–H groups in total. The SMILES string of the molecule is Cc1ccc(C#N)c(OCC23CCC(C)(C2)OC3)c1. The molecule has 2 atom stereocenters. The van der Waals surface area contributed by atoms with Gasteiger partial charge in [0.15, 0.2) is 0 Å². The molecule has 3 heteroatoms. The Kier molecular flexibility index (Phi) is 2.79. The predicted octanol–water partition coefficient (Wildman–Crippen LogP) is 3.20. The van der Waals surface area contributed by atoms with E-state index in [2.05, 4.69) is 13.0 Å². The first kappa shape index (κ1) is 12.5. The minimum Gasteiger partial charge on any atom is -0.492 e. The minimum absolute atomic E-state index is 0.0635. The average molecular weight is 257 g/mol. The topological polar surface area (TPSA) is 42.2 Å². The normalized spacial score (nSPS) is 32.3. The van der Waals surface area contributed by atoms with Gasteiger partial charge in [-0.3, -0.25) is 0 Å². The molecule has 3 nitrogen and oxygen atoms in total. The van der Waals surface area contributed by atoms with Crippen LogP contribution in [0.5, 0.6) is 5.75 Å². The standard InChI is InChI=1S/C16H19NO2/c1-12-3-4-13(8-17)14(7-12)18-10-16-6-5-15(2,9-16)19-11-16/h3-4,7H,5-6,9-11H2,1-2H3. The molecule has 2 bridgehead atoms. The van der Waals surface area contributed by atoms with Crippen molar-refractivity contribution < 1.29 is 9.47 Å². The Hall–Kier alpha value is -1.53. The van der Waals surface area contributed by atoms with E-state index in [4.69, 9.17) is 14.7 Å². The molecule has 0 spiro atoms. The lowest BCUT2D eigenvalue weighted by Gasteiger charge is -2.26. The molecule has 3 rings (SSSR count). The van der Waals surface area contributed by atoms with E-state index in [1.165, 1.54) is 0 Å². The van der Waals surface area contributed by atoms with E-state index in [1.807, 2.05) is 25.1 Å². The van der Waals surface area contributed by atoms with Crippen LogP contribution in [0.3, 0.4) is 0 Å². The van der Waals surface area contributed by atoms with E-state index in [-0.39, 0.29) is 11.0 Å². The van der Waals surface area contributed by atoms with Crippen LogP contribution in [-0.4, -0.2) is 18.8 Å². The fourth-order valence-corrected chi connectivity index (χ4v) is 3.31. The van der Waals surface area contributed by atoms with Gasteiger partial charge in [-0.25, -0.2) is 0 Å². The van der Waals surface area contributed by atoms with Crippen molar-refractivity contribution in [2.24, 2.45) is 5.41 Å². The van der Waals surface area contributed by atoms with Gasteiger partial charge in [-0.05, 0) is 50.8 Å². The molecule has 2 aliphatic rings. The maximum Gasteiger partial charge on any atom is 0.137 e. The van der Waals surface area contributed by atoms with Gasteiger partial charge >= 0.3 is 0 Å². The van der Waals surface area contributed by atoms with Crippen molar-refractivity contribution in [2.75, 3.05) is 13.2 Å². The summed E-state index contributed by atoms with van der Waals surface area (Å²) in [5.74, 6) is 0.706. The van der Waals surface area contributed by atoms with Gasteiger partial charge in [0.25, 0.3) is 0 Å². The maximum absolute atomic E-state index is 9.12. The largest absolute Gasteiger partial charge is 0.492 e. The van der Waals surface area contributed by atoms with E-state index in [1.54, 1.807) is 0 Å². The lowest BCUT2D eigenvalue weighted by Crippen LogP contribution is -2.28. The summed E-state index contributed by atoms with van der Waals surface area (Å²) < 4.78 is 11.8. The van der Waals surface area contributed by atoms with Gasteiger partial charge in [-0.2, -0.15) is 5.26 Å². The summed E-state index contributed by atoms with van der Waals surface area (Å²) in [6, 6.07) is 7.90. The third-order valence-electron chi connectivity index (χ3n) is 4.45. The second kappa shape index (κ2) is 4.25. The van der Waals surface area contributed by atoms with Crippen LogP contribution >= 0.6 is 0 Å². The van der Waals surface area contributed by atoms with Crippen molar-refractivity contribution in [3.63, 3.8) is 0 Å². The number of ether oxygens (including phenoxy) is 2. The van der Waals surface area contributed by atoms with Crippen molar-refractivity contribution >= 4 is 0 Å². The van der Waals surface area contributed by atoms with Gasteiger partial charge in [0, 0.05) is 5.41 Å². The zero-order chi connectivity index (χ0) is 13.5. The van der Waals surface area contributed by atoms with Crippen LogP contribution in [0.2, 0.25) is 0 Å². The van der Waals surface area contributed by atoms with Crippen LogP contribution in [0.1, 0.15) is 37.3 Å². The van der Waals surface area contributed by atoms with E-state index in [9.17, 15) is 0 Å². The lowest BCUT2D eigenvalue weighted by atomic mass is 9.89. The molecule has 1 saturated heterocycles. The van der Waals surface area contributed by atoms with Crippen LogP contribution in [0.15, 0.2) is 18.2 Å². The van der Waals surface area contributed by atoms with E-state index in [0.29, 0.717) is 17.9 Å². The maximum atomic E-state index is 9.12. The number of hydrogen-bond acceptors (Lipinski definition) is 3. The fraction of sp³-hybridized carbons (Fsp3) is 0.562. The summed E-state index contributed by atoms with van der Waals surface area (Å²) in [6.45, 7) is 5.64. The Morgan fingerprint density at radius 1 is 1.42 bits per heavy atom. The fourth-order valence-electron chi connectivity index (χ4n) is 3.31.